The van der Waals surface area contributed by atoms with Gasteiger partial charge in [0.05, 0.1) is 0 Å². The van der Waals surface area contributed by atoms with Crippen molar-refractivity contribution in [2.75, 3.05) is 12.3 Å². The van der Waals surface area contributed by atoms with Crippen LogP contribution in [0.4, 0.5) is 5.82 Å². The maximum absolute atomic E-state index is 12.1. The monoisotopic (exact) mass is 414 g/mol. The molecule has 158 valence electrons. The molecule has 3 aliphatic rings. The number of benzene rings is 1. The quantitative estimate of drug-likeness (QED) is 0.471. The van der Waals surface area contributed by atoms with Gasteiger partial charge in [-0.1, -0.05) is 6.07 Å². The average molecular weight is 415 g/mol. The van der Waals surface area contributed by atoms with Gasteiger partial charge in [-0.3, -0.25) is 9.69 Å². The maximum atomic E-state index is 12.1. The number of anilines is 1. The maximum Gasteiger partial charge on any atom is 0.160 e. The Labute approximate surface area is 180 Å². The summed E-state index contributed by atoms with van der Waals surface area (Å²) in [5.41, 5.74) is 11.9. The van der Waals surface area contributed by atoms with Gasteiger partial charge in [-0.15, -0.1) is 0 Å². The van der Waals surface area contributed by atoms with Crippen LogP contribution in [0.15, 0.2) is 30.3 Å². The summed E-state index contributed by atoms with van der Waals surface area (Å²) in [5.74, 6) is 2.26. The zero-order valence-electron chi connectivity index (χ0n) is 17.6. The number of fused-ring (bicyclic) bond motifs is 6. The van der Waals surface area contributed by atoms with E-state index in [-0.39, 0.29) is 0 Å². The van der Waals surface area contributed by atoms with Crippen molar-refractivity contribution in [2.45, 2.75) is 45.2 Å². The van der Waals surface area contributed by atoms with Crippen molar-refractivity contribution < 1.29 is 4.79 Å². The second-order valence-electron chi connectivity index (χ2n) is 9.19. The molecule has 0 radical (unpaired) electrons. The summed E-state index contributed by atoms with van der Waals surface area (Å²) in [4.78, 5) is 30.3. The molecule has 3 fully saturated rings. The van der Waals surface area contributed by atoms with Gasteiger partial charge in [-0.05, 0) is 55.5 Å². The van der Waals surface area contributed by atoms with E-state index in [1.54, 1.807) is 0 Å². The van der Waals surface area contributed by atoms with Gasteiger partial charge >= 0.3 is 0 Å². The smallest absolute Gasteiger partial charge is 0.160 e. The number of carbonyl (C=O) groups is 1. The number of imidazole rings is 1. The third kappa shape index (κ3) is 3.29. The number of aromatic amines is 2. The molecule has 2 saturated heterocycles. The van der Waals surface area contributed by atoms with Crippen LogP contribution in [0.1, 0.15) is 37.1 Å². The van der Waals surface area contributed by atoms with Gasteiger partial charge in [0.25, 0.3) is 0 Å². The van der Waals surface area contributed by atoms with Crippen molar-refractivity contribution in [3.8, 4) is 11.3 Å². The first-order valence-electron chi connectivity index (χ1n) is 11.0. The van der Waals surface area contributed by atoms with E-state index < -0.39 is 0 Å². The molecule has 1 saturated carbocycles. The molecule has 2 atom stereocenters. The highest BCUT2D eigenvalue weighted by atomic mass is 16.1. The lowest BCUT2D eigenvalue weighted by atomic mass is 9.94. The predicted octanol–water partition coefficient (Wildman–Crippen LogP) is 3.94. The molecule has 1 aromatic carbocycles. The van der Waals surface area contributed by atoms with Crippen LogP contribution < -0.4 is 5.73 Å². The predicted molar refractivity (Wildman–Crippen MR) is 121 cm³/mol. The van der Waals surface area contributed by atoms with Gasteiger partial charge < -0.3 is 15.7 Å². The molecule has 4 N–H and O–H groups in total. The molecule has 7 rings (SSSR count). The Balaban J connectivity index is 1.33. The minimum absolute atomic E-state index is 0.403. The van der Waals surface area contributed by atoms with E-state index in [4.69, 9.17) is 5.73 Å². The number of aromatic nitrogens is 4. The van der Waals surface area contributed by atoms with Crippen LogP contribution in [0.5, 0.6) is 0 Å². The molecular formula is C24H26N6O. The summed E-state index contributed by atoms with van der Waals surface area (Å²) in [6, 6.07) is 11.0. The van der Waals surface area contributed by atoms with Gasteiger partial charge in [0, 0.05) is 54.1 Å². The fourth-order valence-electron chi connectivity index (χ4n) is 5.43. The van der Waals surface area contributed by atoms with E-state index in [1.807, 2.05) is 13.0 Å². The Kier molecular flexibility index (Phi) is 4.14. The lowest BCUT2D eigenvalue weighted by molar-refractivity contribution is -0.119. The standard InChI is InChI=1S/C24H26N6O/c1-13-26-23-19(10-22(25)29-24(23)27-13)21-8-16-6-14(3-5-20(16)28-21)11-30-12-15-2-4-17(30)9-18(31)7-15/h3,5-6,8,10,15,17,28H,2,4,7,9,11-12H2,1H3,(H3,25,26,27,29). The van der Waals surface area contributed by atoms with Crippen molar-refractivity contribution in [1.82, 2.24) is 24.8 Å². The summed E-state index contributed by atoms with van der Waals surface area (Å²) >= 11 is 0. The molecule has 1 aliphatic carbocycles. The topological polar surface area (TPSA) is 104 Å². The molecule has 31 heavy (non-hydrogen) atoms. The average Bonchev–Trinajstić information content (AvgIpc) is 3.21. The fourth-order valence-corrected chi connectivity index (χ4v) is 5.43. The molecule has 0 spiro atoms. The lowest BCUT2D eigenvalue weighted by Crippen LogP contribution is -2.40. The molecule has 5 heterocycles. The highest BCUT2D eigenvalue weighted by molar-refractivity contribution is 5.95. The number of hydrogen-bond donors (Lipinski definition) is 3. The van der Waals surface area contributed by atoms with E-state index in [9.17, 15) is 4.79 Å². The van der Waals surface area contributed by atoms with Gasteiger partial charge in [0.15, 0.2) is 5.65 Å². The van der Waals surface area contributed by atoms with Crippen molar-refractivity contribution in [2.24, 2.45) is 5.92 Å². The first kappa shape index (κ1) is 18.6. The molecular weight excluding hydrogens is 388 g/mol. The van der Waals surface area contributed by atoms with Crippen LogP contribution in [0, 0.1) is 12.8 Å². The molecule has 2 unspecified atom stereocenters. The second kappa shape index (κ2) is 6.92. The molecule has 0 amide bonds. The number of pyridine rings is 1. The van der Waals surface area contributed by atoms with Crippen molar-refractivity contribution in [3.05, 3.63) is 41.7 Å². The normalized spacial score (nSPS) is 21.9. The number of hydrogen-bond acceptors (Lipinski definition) is 5. The fraction of sp³-hybridized carbons (Fsp3) is 0.375. The third-order valence-electron chi connectivity index (χ3n) is 6.85. The highest BCUT2D eigenvalue weighted by Gasteiger charge is 2.34. The van der Waals surface area contributed by atoms with Crippen LogP contribution in [0.25, 0.3) is 33.3 Å². The Morgan fingerprint density at radius 2 is 2.03 bits per heavy atom. The number of nitrogens with one attached hydrogen (secondary N) is 2. The Hall–Kier alpha value is -3.19. The first-order chi connectivity index (χ1) is 15.0. The first-order valence-corrected chi connectivity index (χ1v) is 11.0. The van der Waals surface area contributed by atoms with Crippen molar-refractivity contribution in [1.29, 1.82) is 0 Å². The number of H-pyrrole nitrogens is 2. The number of piperidine rings is 1. The van der Waals surface area contributed by atoms with E-state index in [1.165, 1.54) is 17.4 Å². The summed E-state index contributed by atoms with van der Waals surface area (Å²) in [7, 11) is 0. The molecule has 7 heteroatoms. The summed E-state index contributed by atoms with van der Waals surface area (Å²) in [6.45, 7) is 3.86. The zero-order valence-corrected chi connectivity index (χ0v) is 17.6. The second-order valence-corrected chi connectivity index (χ2v) is 9.19. The minimum Gasteiger partial charge on any atom is -0.384 e. The van der Waals surface area contributed by atoms with Crippen LogP contribution in [-0.4, -0.2) is 43.2 Å². The number of Topliss-reactive ketones (excluding diaryl/α,β-unsaturated/α-hetero) is 1. The van der Waals surface area contributed by atoms with Gasteiger partial charge in [0.1, 0.15) is 22.9 Å². The van der Waals surface area contributed by atoms with Crippen molar-refractivity contribution in [3.63, 3.8) is 0 Å². The minimum atomic E-state index is 0.403. The Morgan fingerprint density at radius 3 is 2.94 bits per heavy atom. The summed E-state index contributed by atoms with van der Waals surface area (Å²) < 4.78 is 0. The van der Waals surface area contributed by atoms with Crippen LogP contribution >= 0.6 is 0 Å². The highest BCUT2D eigenvalue weighted by Crippen LogP contribution is 2.34. The summed E-state index contributed by atoms with van der Waals surface area (Å²) in [5, 5.41) is 1.17. The third-order valence-corrected chi connectivity index (χ3v) is 6.85. The van der Waals surface area contributed by atoms with Crippen LogP contribution in [0.2, 0.25) is 0 Å². The Morgan fingerprint density at radius 1 is 1.13 bits per heavy atom. The van der Waals surface area contributed by atoms with Crippen LogP contribution in [0.3, 0.4) is 0 Å². The number of carbonyl (C=O) groups excluding carboxylic acids is 1. The SMILES string of the molecule is Cc1nc2c(-c3cc4cc(CN5CC6CCC5CC(=O)C6)ccc4[nH]3)cc(N)nc2[nH]1. The Bertz CT molecular complexity index is 1320. The number of ketones is 1. The molecule has 7 nitrogen and oxygen atoms in total. The van der Waals surface area contributed by atoms with Gasteiger partial charge in [0.2, 0.25) is 0 Å². The zero-order chi connectivity index (χ0) is 21.1. The van der Waals surface area contributed by atoms with E-state index in [0.29, 0.717) is 29.2 Å². The largest absolute Gasteiger partial charge is 0.384 e. The van der Waals surface area contributed by atoms with Crippen LogP contribution in [-0.2, 0) is 11.3 Å². The number of nitrogens with two attached hydrogens (primary N) is 1. The molecule has 2 bridgehead atoms. The number of nitrogen functional groups attached to an aromatic ring is 1. The van der Waals surface area contributed by atoms with Gasteiger partial charge in [-0.25, -0.2) is 9.97 Å². The van der Waals surface area contributed by atoms with Gasteiger partial charge in [-0.2, -0.15) is 0 Å². The number of aryl methyl sites for hydroxylation is 1. The van der Waals surface area contributed by atoms with E-state index in [0.717, 1.165) is 60.5 Å². The van der Waals surface area contributed by atoms with E-state index in [2.05, 4.69) is 49.1 Å². The van der Waals surface area contributed by atoms with Crippen molar-refractivity contribution >= 4 is 33.7 Å². The summed E-state index contributed by atoms with van der Waals surface area (Å²) in [6.07, 6.45) is 3.83. The molecule has 3 aromatic heterocycles. The lowest BCUT2D eigenvalue weighted by Gasteiger charge is -2.36. The molecule has 2 aliphatic heterocycles. The number of rotatable bonds is 3. The number of nitrogens with zero attached hydrogens (tertiary/aromatic N) is 3. The molecule has 4 aromatic rings. The van der Waals surface area contributed by atoms with E-state index >= 15 is 0 Å².